The molecule has 0 aliphatic carbocycles. The molecule has 0 aliphatic rings. The van der Waals surface area contributed by atoms with E-state index >= 15 is 0 Å². The lowest BCUT2D eigenvalue weighted by Crippen LogP contribution is -2.05. The Balaban J connectivity index is 3.13. The number of pyridine rings is 1. The summed E-state index contributed by atoms with van der Waals surface area (Å²) in [5.41, 5.74) is 5.25. The van der Waals surface area contributed by atoms with E-state index in [9.17, 15) is 9.18 Å². The van der Waals surface area contributed by atoms with E-state index in [0.717, 1.165) is 6.20 Å². The van der Waals surface area contributed by atoms with Crippen LogP contribution in [0.15, 0.2) is 12.3 Å². The van der Waals surface area contributed by atoms with Crippen molar-refractivity contribution in [1.29, 1.82) is 0 Å². The molecule has 0 saturated heterocycles. The predicted octanol–water partition coefficient (Wildman–Crippen LogP) is 1.38. The van der Waals surface area contributed by atoms with Crippen LogP contribution in [0.2, 0.25) is 0 Å². The van der Waals surface area contributed by atoms with Gasteiger partial charge in [-0.3, -0.25) is 4.79 Å². The minimum Gasteiger partial charge on any atom is -0.384 e. The van der Waals surface area contributed by atoms with Crippen molar-refractivity contribution in [2.75, 3.05) is 11.1 Å². The fraction of sp³-hybridized carbons (Fsp3) is 0.143. The average molecular weight is 233 g/mol. The highest BCUT2D eigenvalue weighted by atomic mass is 79.9. The zero-order chi connectivity index (χ0) is 9.14. The molecule has 0 atom stereocenters. The number of halogens is 2. The van der Waals surface area contributed by atoms with Crippen molar-refractivity contribution in [2.45, 2.75) is 0 Å². The van der Waals surface area contributed by atoms with Gasteiger partial charge in [0.2, 0.25) is 0 Å². The third-order valence-corrected chi connectivity index (χ3v) is 1.81. The highest BCUT2D eigenvalue weighted by molar-refractivity contribution is 9.09. The first-order valence-corrected chi connectivity index (χ1v) is 4.27. The molecular weight excluding hydrogens is 227 g/mol. The van der Waals surface area contributed by atoms with Crippen LogP contribution in [0.25, 0.3) is 0 Å². The number of hydrogen-bond acceptors (Lipinski definition) is 3. The summed E-state index contributed by atoms with van der Waals surface area (Å²) in [5.74, 6) is -0.851. The Morgan fingerprint density at radius 2 is 2.42 bits per heavy atom. The van der Waals surface area contributed by atoms with Crippen LogP contribution in [0.3, 0.4) is 0 Å². The molecule has 0 unspecified atom stereocenters. The molecule has 3 nitrogen and oxygen atoms in total. The number of Topliss-reactive ketones (excluding diaryl/α,β-unsaturated/α-hetero) is 1. The Labute approximate surface area is 76.9 Å². The first-order valence-electron chi connectivity index (χ1n) is 3.15. The lowest BCUT2D eigenvalue weighted by molar-refractivity contribution is 0.102. The standard InChI is InChI=1S/C7H6BrFN2O/c8-2-6(12)4-1-7(10)11-3-5(4)9/h1,3H,2H2,(H2,10,11). The van der Waals surface area contributed by atoms with Gasteiger partial charge in [-0.2, -0.15) is 0 Å². The SMILES string of the molecule is Nc1cc(C(=O)CBr)c(F)cn1. The summed E-state index contributed by atoms with van der Waals surface area (Å²) in [6, 6.07) is 1.22. The normalized spacial score (nSPS) is 9.83. The first kappa shape index (κ1) is 9.12. The van der Waals surface area contributed by atoms with Gasteiger partial charge >= 0.3 is 0 Å². The van der Waals surface area contributed by atoms with Gasteiger partial charge in [0.15, 0.2) is 11.6 Å². The molecule has 0 aromatic carbocycles. The number of carbonyl (C=O) groups is 1. The van der Waals surface area contributed by atoms with Crippen molar-refractivity contribution in [3.63, 3.8) is 0 Å². The summed E-state index contributed by atoms with van der Waals surface area (Å²) in [6.45, 7) is 0. The monoisotopic (exact) mass is 232 g/mol. The number of ketones is 1. The van der Waals surface area contributed by atoms with Crippen LogP contribution < -0.4 is 5.73 Å². The van der Waals surface area contributed by atoms with Crippen LogP contribution >= 0.6 is 15.9 Å². The predicted molar refractivity (Wildman–Crippen MR) is 46.7 cm³/mol. The molecule has 0 radical (unpaired) electrons. The van der Waals surface area contributed by atoms with Crippen molar-refractivity contribution in [3.8, 4) is 0 Å². The van der Waals surface area contributed by atoms with Crippen molar-refractivity contribution in [2.24, 2.45) is 0 Å². The van der Waals surface area contributed by atoms with E-state index < -0.39 is 5.82 Å². The number of carbonyl (C=O) groups excluding carboxylic acids is 1. The van der Waals surface area contributed by atoms with Gasteiger partial charge in [-0.1, -0.05) is 15.9 Å². The molecule has 1 aromatic rings. The van der Waals surface area contributed by atoms with Crippen LogP contribution in [-0.2, 0) is 0 Å². The van der Waals surface area contributed by atoms with Gasteiger partial charge in [-0.05, 0) is 6.07 Å². The lowest BCUT2D eigenvalue weighted by atomic mass is 10.2. The van der Waals surface area contributed by atoms with Gasteiger partial charge in [0.1, 0.15) is 5.82 Å². The quantitative estimate of drug-likeness (QED) is 0.620. The van der Waals surface area contributed by atoms with Crippen LogP contribution in [-0.4, -0.2) is 16.1 Å². The summed E-state index contributed by atoms with van der Waals surface area (Å²) >= 11 is 2.93. The van der Waals surface area contributed by atoms with Crippen molar-refractivity contribution in [3.05, 3.63) is 23.6 Å². The van der Waals surface area contributed by atoms with E-state index in [1.807, 2.05) is 0 Å². The van der Waals surface area contributed by atoms with Gasteiger partial charge in [-0.25, -0.2) is 9.37 Å². The zero-order valence-electron chi connectivity index (χ0n) is 6.05. The van der Waals surface area contributed by atoms with Gasteiger partial charge in [-0.15, -0.1) is 0 Å². The molecule has 0 bridgehead atoms. The summed E-state index contributed by atoms with van der Waals surface area (Å²) in [6.07, 6.45) is 0.936. The fourth-order valence-electron chi connectivity index (χ4n) is 0.741. The third kappa shape index (κ3) is 1.79. The second-order valence-corrected chi connectivity index (χ2v) is 2.71. The largest absolute Gasteiger partial charge is 0.384 e. The van der Waals surface area contributed by atoms with Crippen molar-refractivity contribution < 1.29 is 9.18 Å². The number of nitrogens with zero attached hydrogens (tertiary/aromatic N) is 1. The molecule has 1 rings (SSSR count). The van der Waals surface area contributed by atoms with E-state index in [-0.39, 0.29) is 22.5 Å². The second kappa shape index (κ2) is 3.62. The molecule has 0 fully saturated rings. The van der Waals surface area contributed by atoms with Crippen LogP contribution in [0.4, 0.5) is 10.2 Å². The highest BCUT2D eigenvalue weighted by Crippen LogP contribution is 2.10. The van der Waals surface area contributed by atoms with E-state index in [0.29, 0.717) is 0 Å². The molecule has 64 valence electrons. The number of nitrogen functional groups attached to an aromatic ring is 1. The van der Waals surface area contributed by atoms with Crippen molar-refractivity contribution in [1.82, 2.24) is 4.98 Å². The number of nitrogens with two attached hydrogens (primary N) is 1. The average Bonchev–Trinajstić information content (AvgIpc) is 2.08. The molecule has 0 amide bonds. The molecule has 0 aliphatic heterocycles. The summed E-state index contributed by atoms with van der Waals surface area (Å²) in [4.78, 5) is 14.5. The van der Waals surface area contributed by atoms with E-state index in [4.69, 9.17) is 5.73 Å². The third-order valence-electron chi connectivity index (χ3n) is 1.30. The second-order valence-electron chi connectivity index (χ2n) is 2.15. The minimum atomic E-state index is -0.645. The number of aromatic nitrogens is 1. The first-order chi connectivity index (χ1) is 5.65. The van der Waals surface area contributed by atoms with Gasteiger partial charge in [0.25, 0.3) is 0 Å². The molecule has 2 N–H and O–H groups in total. The molecule has 1 heterocycles. The summed E-state index contributed by atoms with van der Waals surface area (Å²) in [7, 11) is 0. The smallest absolute Gasteiger partial charge is 0.176 e. The summed E-state index contributed by atoms with van der Waals surface area (Å²) in [5, 5.41) is 0.0768. The number of alkyl halides is 1. The van der Waals surface area contributed by atoms with Crippen molar-refractivity contribution >= 4 is 27.5 Å². The Kier molecular flexibility index (Phi) is 2.75. The van der Waals surface area contributed by atoms with Crippen LogP contribution in [0, 0.1) is 5.82 Å². The molecule has 12 heavy (non-hydrogen) atoms. The zero-order valence-corrected chi connectivity index (χ0v) is 7.64. The molecular formula is C7H6BrFN2O. The molecule has 5 heteroatoms. The topological polar surface area (TPSA) is 56.0 Å². The maximum atomic E-state index is 12.8. The van der Waals surface area contributed by atoms with Gasteiger partial charge in [0.05, 0.1) is 17.1 Å². The Morgan fingerprint density at radius 3 is 3.00 bits per heavy atom. The van der Waals surface area contributed by atoms with E-state index in [2.05, 4.69) is 20.9 Å². The van der Waals surface area contributed by atoms with Gasteiger partial charge in [0, 0.05) is 0 Å². The maximum Gasteiger partial charge on any atom is 0.176 e. The minimum absolute atomic E-state index is 0.0284. The van der Waals surface area contributed by atoms with Crippen LogP contribution in [0.5, 0.6) is 0 Å². The van der Waals surface area contributed by atoms with E-state index in [1.54, 1.807) is 0 Å². The lowest BCUT2D eigenvalue weighted by Gasteiger charge is -1.99. The molecule has 0 saturated carbocycles. The molecule has 0 spiro atoms. The maximum absolute atomic E-state index is 12.8. The van der Waals surface area contributed by atoms with E-state index in [1.165, 1.54) is 6.07 Å². The Hall–Kier alpha value is -0.970. The highest BCUT2D eigenvalue weighted by Gasteiger charge is 2.10. The Morgan fingerprint density at radius 1 is 1.75 bits per heavy atom. The molecule has 1 aromatic heterocycles. The fourth-order valence-corrected chi connectivity index (χ4v) is 1.04. The van der Waals surface area contributed by atoms with Crippen LogP contribution in [0.1, 0.15) is 10.4 Å². The number of anilines is 1. The Bertz CT molecular complexity index is 316. The number of hydrogen-bond donors (Lipinski definition) is 1. The van der Waals surface area contributed by atoms with Gasteiger partial charge < -0.3 is 5.73 Å². The summed E-state index contributed by atoms with van der Waals surface area (Å²) < 4.78 is 12.8. The number of rotatable bonds is 2.